The summed E-state index contributed by atoms with van der Waals surface area (Å²) in [5.74, 6) is 0.726. The number of ketones is 1. The maximum Gasteiger partial charge on any atom is 0.214 e. The Hall–Kier alpha value is -0.420. The number of carbonyl (C=O) groups excluding carboxylic acids is 1. The van der Waals surface area contributed by atoms with Crippen molar-refractivity contribution in [2.45, 2.75) is 45.1 Å². The Bertz CT molecular complexity index is 369. The van der Waals surface area contributed by atoms with Gasteiger partial charge in [0.05, 0.1) is 5.75 Å². The third-order valence-corrected chi connectivity index (χ3v) is 5.82. The summed E-state index contributed by atoms with van der Waals surface area (Å²) < 4.78 is 25.1. The zero-order valence-electron chi connectivity index (χ0n) is 9.68. The van der Waals surface area contributed by atoms with Gasteiger partial charge in [-0.2, -0.15) is 4.31 Å². The first kappa shape index (κ1) is 12.0. The van der Waals surface area contributed by atoms with Gasteiger partial charge in [-0.1, -0.05) is 0 Å². The molecule has 2 aliphatic rings. The van der Waals surface area contributed by atoms with Crippen LogP contribution in [0, 0.1) is 5.92 Å². The first-order valence-corrected chi connectivity index (χ1v) is 7.61. The van der Waals surface area contributed by atoms with Gasteiger partial charge in [-0.05, 0) is 39.0 Å². The molecular formula is C11H19NO3S. The van der Waals surface area contributed by atoms with Crippen molar-refractivity contribution in [3.63, 3.8) is 0 Å². The summed E-state index contributed by atoms with van der Waals surface area (Å²) in [7, 11) is -2.98. The average Bonchev–Trinajstić information content (AvgIpc) is 2.58. The molecule has 1 aliphatic heterocycles. The Labute approximate surface area is 97.1 Å². The first-order chi connectivity index (χ1) is 7.50. The maximum atomic E-state index is 11.7. The largest absolute Gasteiger partial charge is 0.300 e. The molecule has 0 bridgehead atoms. The zero-order valence-corrected chi connectivity index (χ0v) is 10.5. The van der Waals surface area contributed by atoms with E-state index in [1.807, 2.05) is 0 Å². The van der Waals surface area contributed by atoms with Crippen LogP contribution in [-0.4, -0.2) is 36.8 Å². The van der Waals surface area contributed by atoms with Crippen molar-refractivity contribution in [2.24, 2.45) is 5.92 Å². The van der Waals surface area contributed by atoms with Crippen molar-refractivity contribution in [2.75, 3.05) is 12.3 Å². The SMILES string of the molecule is CC(=O)[C@H]1CC[C@H](N2CCCS2(=O)=O)CC1. The number of hydrogen-bond acceptors (Lipinski definition) is 3. The number of hydrogen-bond donors (Lipinski definition) is 0. The van der Waals surface area contributed by atoms with Crippen molar-refractivity contribution in [3.8, 4) is 0 Å². The summed E-state index contributed by atoms with van der Waals surface area (Å²) in [6.07, 6.45) is 4.17. The molecule has 0 spiro atoms. The Balaban J connectivity index is 1.97. The second-order valence-electron chi connectivity index (χ2n) is 4.90. The van der Waals surface area contributed by atoms with Gasteiger partial charge < -0.3 is 0 Å². The summed E-state index contributed by atoms with van der Waals surface area (Å²) >= 11 is 0. The van der Waals surface area contributed by atoms with E-state index in [9.17, 15) is 13.2 Å². The van der Waals surface area contributed by atoms with Gasteiger partial charge in [0.2, 0.25) is 10.0 Å². The average molecular weight is 245 g/mol. The highest BCUT2D eigenvalue weighted by molar-refractivity contribution is 7.89. The van der Waals surface area contributed by atoms with Crippen LogP contribution in [0.25, 0.3) is 0 Å². The van der Waals surface area contributed by atoms with Crippen LogP contribution in [0.1, 0.15) is 39.0 Å². The minimum atomic E-state index is -2.98. The molecule has 0 amide bonds. The van der Waals surface area contributed by atoms with E-state index in [2.05, 4.69) is 0 Å². The molecule has 0 N–H and O–H groups in total. The van der Waals surface area contributed by atoms with Crippen LogP contribution in [0.15, 0.2) is 0 Å². The highest BCUT2D eigenvalue weighted by Gasteiger charge is 2.36. The molecule has 2 rings (SSSR count). The van der Waals surface area contributed by atoms with Gasteiger partial charge in [0, 0.05) is 18.5 Å². The summed E-state index contributed by atoms with van der Waals surface area (Å²) in [6.45, 7) is 2.31. The van der Waals surface area contributed by atoms with Gasteiger partial charge in [-0.25, -0.2) is 8.42 Å². The highest BCUT2D eigenvalue weighted by Crippen LogP contribution is 2.31. The van der Waals surface area contributed by atoms with Crippen molar-refractivity contribution >= 4 is 15.8 Å². The Morgan fingerprint density at radius 1 is 1.19 bits per heavy atom. The van der Waals surface area contributed by atoms with E-state index >= 15 is 0 Å². The molecule has 2 fully saturated rings. The van der Waals surface area contributed by atoms with Crippen molar-refractivity contribution in [1.82, 2.24) is 4.31 Å². The van der Waals surface area contributed by atoms with Crippen LogP contribution in [0.3, 0.4) is 0 Å². The third-order valence-electron chi connectivity index (χ3n) is 3.82. The van der Waals surface area contributed by atoms with Crippen molar-refractivity contribution < 1.29 is 13.2 Å². The number of nitrogens with zero attached hydrogens (tertiary/aromatic N) is 1. The Morgan fingerprint density at radius 2 is 1.81 bits per heavy atom. The van der Waals surface area contributed by atoms with Gasteiger partial charge >= 0.3 is 0 Å². The number of carbonyl (C=O) groups is 1. The summed E-state index contributed by atoms with van der Waals surface area (Å²) in [5.41, 5.74) is 0. The lowest BCUT2D eigenvalue weighted by Gasteiger charge is -2.32. The molecule has 92 valence electrons. The fourth-order valence-corrected chi connectivity index (χ4v) is 4.64. The van der Waals surface area contributed by atoms with E-state index in [1.54, 1.807) is 11.2 Å². The normalized spacial score (nSPS) is 35.1. The monoisotopic (exact) mass is 245 g/mol. The minimum absolute atomic E-state index is 0.156. The van der Waals surface area contributed by atoms with Gasteiger partial charge in [-0.3, -0.25) is 4.79 Å². The van der Waals surface area contributed by atoms with Crippen LogP contribution >= 0.6 is 0 Å². The van der Waals surface area contributed by atoms with Gasteiger partial charge in [0.15, 0.2) is 0 Å². The number of Topliss-reactive ketones (excluding diaryl/α,β-unsaturated/α-hetero) is 1. The summed E-state index contributed by atoms with van der Waals surface area (Å²) in [5, 5.41) is 0. The Kier molecular flexibility index (Phi) is 3.35. The van der Waals surface area contributed by atoms with Crippen LogP contribution < -0.4 is 0 Å². The molecule has 0 aromatic rings. The minimum Gasteiger partial charge on any atom is -0.300 e. The van der Waals surface area contributed by atoms with E-state index in [4.69, 9.17) is 0 Å². The van der Waals surface area contributed by atoms with Crippen LogP contribution in [0.4, 0.5) is 0 Å². The molecule has 0 radical (unpaired) electrons. The second-order valence-corrected chi connectivity index (χ2v) is 6.94. The van der Waals surface area contributed by atoms with Crippen LogP contribution in [0.2, 0.25) is 0 Å². The highest BCUT2D eigenvalue weighted by atomic mass is 32.2. The second kappa shape index (κ2) is 4.45. The molecule has 4 nitrogen and oxygen atoms in total. The molecule has 16 heavy (non-hydrogen) atoms. The van der Waals surface area contributed by atoms with E-state index in [1.165, 1.54) is 0 Å². The predicted octanol–water partition coefficient (Wildman–Crippen LogP) is 1.17. The first-order valence-electron chi connectivity index (χ1n) is 6.00. The van der Waals surface area contributed by atoms with E-state index in [-0.39, 0.29) is 17.7 Å². The lowest BCUT2D eigenvalue weighted by Crippen LogP contribution is -2.39. The molecule has 1 heterocycles. The molecule has 0 aromatic heterocycles. The molecule has 0 unspecified atom stereocenters. The van der Waals surface area contributed by atoms with Crippen LogP contribution in [0.5, 0.6) is 0 Å². The van der Waals surface area contributed by atoms with Gasteiger partial charge in [-0.15, -0.1) is 0 Å². The Morgan fingerprint density at radius 3 is 2.25 bits per heavy atom. The third kappa shape index (κ3) is 2.30. The van der Waals surface area contributed by atoms with Gasteiger partial charge in [0.1, 0.15) is 5.78 Å². The molecule has 0 aromatic carbocycles. The van der Waals surface area contributed by atoms with Crippen LogP contribution in [-0.2, 0) is 14.8 Å². The maximum absolute atomic E-state index is 11.7. The van der Waals surface area contributed by atoms with E-state index < -0.39 is 10.0 Å². The number of sulfonamides is 1. The standard InChI is InChI=1S/C11H19NO3S/c1-9(13)10-3-5-11(6-4-10)12-7-2-8-16(12,14)15/h10-11H,2-8H2,1H3/t10-,11-. The van der Waals surface area contributed by atoms with Crippen molar-refractivity contribution in [1.29, 1.82) is 0 Å². The molecule has 1 saturated heterocycles. The fourth-order valence-electron chi connectivity index (χ4n) is 2.84. The van der Waals surface area contributed by atoms with E-state index in [0.717, 1.165) is 32.1 Å². The summed E-state index contributed by atoms with van der Waals surface area (Å²) in [4.78, 5) is 11.2. The molecule has 1 aliphatic carbocycles. The topological polar surface area (TPSA) is 54.5 Å². The van der Waals surface area contributed by atoms with Gasteiger partial charge in [0.25, 0.3) is 0 Å². The summed E-state index contributed by atoms with van der Waals surface area (Å²) in [6, 6.07) is 0.156. The molecule has 5 heteroatoms. The molecular weight excluding hydrogens is 226 g/mol. The fraction of sp³-hybridized carbons (Fsp3) is 0.909. The van der Waals surface area contributed by atoms with Crippen molar-refractivity contribution in [3.05, 3.63) is 0 Å². The zero-order chi connectivity index (χ0) is 11.8. The predicted molar refractivity (Wildman–Crippen MR) is 61.5 cm³/mol. The lowest BCUT2D eigenvalue weighted by atomic mass is 9.84. The lowest BCUT2D eigenvalue weighted by molar-refractivity contribution is -0.121. The quantitative estimate of drug-likeness (QED) is 0.734. The molecule has 1 saturated carbocycles. The smallest absolute Gasteiger partial charge is 0.214 e. The molecule has 0 atom stereocenters. The number of rotatable bonds is 2. The van der Waals surface area contributed by atoms with E-state index in [0.29, 0.717) is 12.3 Å².